The third-order valence-corrected chi connectivity index (χ3v) is 11.7. The highest BCUT2D eigenvalue weighted by Crippen LogP contribution is 2.62. The Morgan fingerprint density at radius 2 is 1.97 bits per heavy atom. The zero-order chi connectivity index (χ0) is 27.5. The number of morpholine rings is 1. The number of anilines is 1. The Labute approximate surface area is 235 Å². The van der Waals surface area contributed by atoms with Crippen LogP contribution in [0.5, 0.6) is 0 Å². The summed E-state index contributed by atoms with van der Waals surface area (Å²) in [6, 6.07) is 12.9. The van der Waals surface area contributed by atoms with Gasteiger partial charge in [0, 0.05) is 49.4 Å². The van der Waals surface area contributed by atoms with Gasteiger partial charge in [0.05, 0.1) is 45.6 Å². The van der Waals surface area contributed by atoms with Gasteiger partial charge in [-0.1, -0.05) is 13.8 Å². The summed E-state index contributed by atoms with van der Waals surface area (Å²) in [5.74, 6) is 0.876. The third kappa shape index (κ3) is 4.23. The Balaban J connectivity index is 1.66. The second kappa shape index (κ2) is 9.59. The summed E-state index contributed by atoms with van der Waals surface area (Å²) in [7, 11) is -0.884. The van der Waals surface area contributed by atoms with Crippen molar-refractivity contribution in [3.63, 3.8) is 0 Å². The maximum Gasteiger partial charge on any atom is 0.270 e. The van der Waals surface area contributed by atoms with Crippen molar-refractivity contribution in [3.8, 4) is 0 Å². The maximum atomic E-state index is 11.4. The van der Waals surface area contributed by atoms with Gasteiger partial charge in [-0.2, -0.15) is 0 Å². The lowest BCUT2D eigenvalue weighted by Crippen LogP contribution is -2.39. The normalized spacial score (nSPS) is 24.0. The highest BCUT2D eigenvalue weighted by atomic mass is 79.9. The molecule has 3 aromatic rings. The molecule has 2 aromatic carbocycles. The number of nitro groups is 1. The first-order valence-corrected chi connectivity index (χ1v) is 15.2. The van der Waals surface area contributed by atoms with Gasteiger partial charge in [0.1, 0.15) is 0 Å². The summed E-state index contributed by atoms with van der Waals surface area (Å²) in [6.45, 7) is 9.06. The Morgan fingerprint density at radius 3 is 2.64 bits per heavy atom. The number of benzene rings is 2. The van der Waals surface area contributed by atoms with Gasteiger partial charge in [-0.25, -0.2) is 14.4 Å². The SMILES string of the molecule is C[C@H]1N(C)c2cc3c(cc2C1(C)C)[P@@](=Nc1ccc([N+](=O)[O-])cc1Br)(N1CCOCC1)OC(c1ccco1)=N3. The number of ether oxygens (including phenoxy) is 1. The lowest BCUT2D eigenvalue weighted by atomic mass is 9.81. The van der Waals surface area contributed by atoms with Crippen molar-refractivity contribution in [2.45, 2.75) is 32.2 Å². The summed E-state index contributed by atoms with van der Waals surface area (Å²) in [5, 5.41) is 12.3. The summed E-state index contributed by atoms with van der Waals surface area (Å²) < 4.78 is 26.5. The van der Waals surface area contributed by atoms with Crippen LogP contribution in [0.4, 0.5) is 22.7 Å². The van der Waals surface area contributed by atoms with E-state index < -0.39 is 12.4 Å². The Morgan fingerprint density at radius 1 is 1.21 bits per heavy atom. The molecule has 0 bridgehead atoms. The van der Waals surface area contributed by atoms with Crippen molar-refractivity contribution in [1.29, 1.82) is 0 Å². The number of hydrogen-bond acceptors (Lipinski definition) is 8. The van der Waals surface area contributed by atoms with Crippen molar-refractivity contribution in [3.05, 3.63) is 74.6 Å². The first kappa shape index (κ1) is 26.3. The van der Waals surface area contributed by atoms with Gasteiger partial charge in [0.25, 0.3) is 11.6 Å². The first-order chi connectivity index (χ1) is 18.6. The molecule has 6 rings (SSSR count). The lowest BCUT2D eigenvalue weighted by molar-refractivity contribution is -0.384. The fourth-order valence-electron chi connectivity index (χ4n) is 5.42. The molecule has 39 heavy (non-hydrogen) atoms. The van der Waals surface area contributed by atoms with Gasteiger partial charge in [-0.15, -0.1) is 0 Å². The zero-order valence-corrected chi connectivity index (χ0v) is 24.6. The number of halogens is 1. The predicted octanol–water partition coefficient (Wildman–Crippen LogP) is 6.50. The summed E-state index contributed by atoms with van der Waals surface area (Å²) in [4.78, 5) is 18.2. The molecular weight excluding hydrogens is 585 g/mol. The monoisotopic (exact) mass is 613 g/mol. The molecule has 1 aromatic heterocycles. The van der Waals surface area contributed by atoms with Crippen molar-refractivity contribution in [2.75, 3.05) is 38.3 Å². The molecule has 1 saturated heterocycles. The molecule has 3 aliphatic rings. The van der Waals surface area contributed by atoms with Gasteiger partial charge in [0.15, 0.2) is 5.76 Å². The number of likely N-dealkylation sites (N-methyl/N-ethyl adjacent to an activating group) is 1. The van der Waals surface area contributed by atoms with Crippen LogP contribution in [0.3, 0.4) is 0 Å². The van der Waals surface area contributed by atoms with E-state index in [9.17, 15) is 10.1 Å². The van der Waals surface area contributed by atoms with E-state index in [2.05, 4.69) is 65.5 Å². The van der Waals surface area contributed by atoms with Gasteiger partial charge < -0.3 is 18.6 Å². The topological polar surface area (TPSA) is 106 Å². The molecule has 204 valence electrons. The van der Waals surface area contributed by atoms with Crippen molar-refractivity contribution < 1.29 is 18.6 Å². The molecule has 4 heterocycles. The molecule has 1 fully saturated rings. The smallest absolute Gasteiger partial charge is 0.270 e. The Hall–Kier alpha value is -2.98. The van der Waals surface area contributed by atoms with E-state index in [4.69, 9.17) is 23.4 Å². The molecule has 10 nitrogen and oxygen atoms in total. The maximum absolute atomic E-state index is 11.4. The minimum atomic E-state index is -3.00. The number of non-ortho nitro benzene ring substituents is 1. The lowest BCUT2D eigenvalue weighted by Gasteiger charge is -2.40. The molecule has 0 unspecified atom stereocenters. The van der Waals surface area contributed by atoms with Crippen LogP contribution in [0.15, 0.2) is 67.4 Å². The Kier molecular flexibility index (Phi) is 6.45. The molecule has 12 heteroatoms. The van der Waals surface area contributed by atoms with Crippen LogP contribution in [0.1, 0.15) is 32.1 Å². The van der Waals surface area contributed by atoms with Crippen LogP contribution in [-0.2, 0) is 14.7 Å². The highest BCUT2D eigenvalue weighted by Gasteiger charge is 2.46. The summed E-state index contributed by atoms with van der Waals surface area (Å²) >= 11 is 3.53. The van der Waals surface area contributed by atoms with Crippen LogP contribution in [-0.4, -0.2) is 54.9 Å². The van der Waals surface area contributed by atoms with E-state index in [0.717, 1.165) is 16.7 Å². The van der Waals surface area contributed by atoms with Gasteiger partial charge in [-0.3, -0.25) is 10.1 Å². The summed E-state index contributed by atoms with van der Waals surface area (Å²) in [5.41, 5.74) is 3.57. The fraction of sp³-hybridized carbons (Fsp3) is 0.370. The molecule has 2 atom stereocenters. The third-order valence-electron chi connectivity index (χ3n) is 8.03. The predicted molar refractivity (Wildman–Crippen MR) is 155 cm³/mol. The van der Waals surface area contributed by atoms with E-state index in [1.807, 2.05) is 6.07 Å². The van der Waals surface area contributed by atoms with Crippen LogP contribution in [0.2, 0.25) is 0 Å². The number of furan rings is 1. The van der Waals surface area contributed by atoms with E-state index >= 15 is 0 Å². The van der Waals surface area contributed by atoms with Gasteiger partial charge in [0.2, 0.25) is 7.43 Å². The molecule has 3 aliphatic heterocycles. The van der Waals surface area contributed by atoms with E-state index in [-0.39, 0.29) is 17.1 Å². The highest BCUT2D eigenvalue weighted by molar-refractivity contribution is 9.10. The average Bonchev–Trinajstić information content (AvgIpc) is 3.52. The fourth-order valence-corrected chi connectivity index (χ4v) is 9.06. The number of nitro benzene ring substituents is 1. The van der Waals surface area contributed by atoms with Crippen LogP contribution in [0.25, 0.3) is 0 Å². The molecule has 0 aliphatic carbocycles. The van der Waals surface area contributed by atoms with Crippen molar-refractivity contribution in [2.24, 2.45) is 9.74 Å². The quantitative estimate of drug-likeness (QED) is 0.188. The van der Waals surface area contributed by atoms with Crippen molar-refractivity contribution in [1.82, 2.24) is 4.67 Å². The zero-order valence-electron chi connectivity index (χ0n) is 22.1. The molecule has 0 saturated carbocycles. The molecule has 0 amide bonds. The number of rotatable bonds is 4. The van der Waals surface area contributed by atoms with E-state index in [0.29, 0.717) is 48.1 Å². The van der Waals surface area contributed by atoms with Gasteiger partial charge in [-0.05, 0) is 58.7 Å². The molecule has 0 radical (unpaired) electrons. The Bertz CT molecular complexity index is 1550. The minimum Gasteiger partial charge on any atom is -0.459 e. The van der Waals surface area contributed by atoms with Crippen LogP contribution < -0.4 is 10.2 Å². The molecular formula is C27H29BrN5O5P. The van der Waals surface area contributed by atoms with Crippen LogP contribution >= 0.6 is 23.4 Å². The minimum absolute atomic E-state index is 0.0148. The standard InChI is InChI=1S/C27H29BrN5O5P/c1-17-27(2,3)19-15-25-22(16-23(19)31(17)4)29-26(24-6-5-11-37-24)38-39(25,32-9-12-36-13-10-32)30-21-8-7-18(33(34)35)14-20(21)28/h5-8,11,14-17H,9-10,12-13H2,1-4H3/t17-,39-/m1/s1. The summed E-state index contributed by atoms with van der Waals surface area (Å²) in [6.07, 6.45) is 1.59. The average molecular weight is 614 g/mol. The number of nitrogens with zero attached hydrogens (tertiary/aromatic N) is 5. The molecule has 0 spiro atoms. The van der Waals surface area contributed by atoms with Gasteiger partial charge >= 0.3 is 0 Å². The van der Waals surface area contributed by atoms with E-state index in [1.165, 1.54) is 17.7 Å². The second-order valence-electron chi connectivity index (χ2n) is 10.5. The first-order valence-electron chi connectivity index (χ1n) is 12.8. The largest absolute Gasteiger partial charge is 0.459 e. The van der Waals surface area contributed by atoms with Crippen LogP contribution in [0, 0.1) is 10.1 Å². The number of hydrogen-bond donors (Lipinski definition) is 0. The number of fused-ring (bicyclic) bond motifs is 2. The van der Waals surface area contributed by atoms with E-state index in [1.54, 1.807) is 18.4 Å². The second-order valence-corrected chi connectivity index (χ2v) is 13.8. The molecule has 0 N–H and O–H groups in total. The number of aliphatic imine (C=N–C) groups is 1. The van der Waals surface area contributed by atoms with Crippen molar-refractivity contribution >= 4 is 57.3 Å².